The van der Waals surface area contributed by atoms with Gasteiger partial charge < -0.3 is 9.47 Å². The van der Waals surface area contributed by atoms with E-state index in [4.69, 9.17) is 0 Å². The topological polar surface area (TPSA) is 28.5 Å². The number of piperazine rings is 1. The molecule has 1 amide bonds. The molecule has 0 aliphatic carbocycles. The number of hydrogen-bond donors (Lipinski definition) is 0. The van der Waals surface area contributed by atoms with Crippen LogP contribution in [0.15, 0.2) is 28.9 Å². The van der Waals surface area contributed by atoms with E-state index in [-0.39, 0.29) is 5.91 Å². The predicted octanol–water partition coefficient (Wildman–Crippen LogP) is 3.11. The minimum Gasteiger partial charge on any atom is -0.350 e. The molecule has 1 fully saturated rings. The van der Waals surface area contributed by atoms with E-state index in [1.54, 1.807) is 0 Å². The third-order valence-corrected chi connectivity index (χ3v) is 5.01. The van der Waals surface area contributed by atoms with E-state index in [0.29, 0.717) is 6.04 Å². The molecule has 1 saturated heterocycles. The monoisotopic (exact) mass is 363 g/mol. The molecule has 2 aromatic rings. The third kappa shape index (κ3) is 2.79. The zero-order valence-electron chi connectivity index (χ0n) is 13.3. The van der Waals surface area contributed by atoms with Crippen LogP contribution in [0.5, 0.6) is 0 Å². The first-order chi connectivity index (χ1) is 10.5. The summed E-state index contributed by atoms with van der Waals surface area (Å²) >= 11 is 3.50. The number of carbonyl (C=O) groups is 1. The lowest BCUT2D eigenvalue weighted by Gasteiger charge is -2.36. The Bertz CT molecular complexity index is 699. The molecule has 2 heterocycles. The van der Waals surface area contributed by atoms with Crippen LogP contribution in [0.2, 0.25) is 0 Å². The molecule has 118 valence electrons. The molecule has 22 heavy (non-hydrogen) atoms. The summed E-state index contributed by atoms with van der Waals surface area (Å²) in [7, 11) is 1.99. The van der Waals surface area contributed by atoms with Crippen LogP contribution in [0, 0.1) is 0 Å². The average molecular weight is 364 g/mol. The predicted molar refractivity (Wildman–Crippen MR) is 93.2 cm³/mol. The van der Waals surface area contributed by atoms with Crippen LogP contribution in [0.4, 0.5) is 0 Å². The summed E-state index contributed by atoms with van der Waals surface area (Å²) < 4.78 is 3.03. The van der Waals surface area contributed by atoms with Gasteiger partial charge in [0.05, 0.1) is 5.56 Å². The fourth-order valence-corrected chi connectivity index (χ4v) is 3.51. The van der Waals surface area contributed by atoms with Gasteiger partial charge in [-0.25, -0.2) is 0 Å². The van der Waals surface area contributed by atoms with Crippen LogP contribution < -0.4 is 0 Å². The van der Waals surface area contributed by atoms with Crippen LogP contribution in [0.25, 0.3) is 10.9 Å². The fraction of sp³-hybridized carbons (Fsp3) is 0.471. The molecule has 0 atom stereocenters. The minimum absolute atomic E-state index is 0.145. The first-order valence-electron chi connectivity index (χ1n) is 7.75. The van der Waals surface area contributed by atoms with Crippen LogP contribution in [-0.4, -0.2) is 52.5 Å². The molecule has 0 radical (unpaired) electrons. The molecule has 0 spiro atoms. The smallest absolute Gasteiger partial charge is 0.256 e. The largest absolute Gasteiger partial charge is 0.350 e. The summed E-state index contributed by atoms with van der Waals surface area (Å²) in [4.78, 5) is 17.3. The van der Waals surface area contributed by atoms with E-state index in [9.17, 15) is 4.79 Å². The lowest BCUT2D eigenvalue weighted by Crippen LogP contribution is -2.50. The number of rotatable bonds is 2. The van der Waals surface area contributed by atoms with E-state index in [1.807, 2.05) is 40.9 Å². The highest BCUT2D eigenvalue weighted by molar-refractivity contribution is 9.10. The van der Waals surface area contributed by atoms with Gasteiger partial charge in [0, 0.05) is 60.8 Å². The molecule has 1 aliphatic rings. The van der Waals surface area contributed by atoms with E-state index >= 15 is 0 Å². The van der Waals surface area contributed by atoms with Crippen molar-refractivity contribution in [2.45, 2.75) is 19.9 Å². The molecule has 1 aromatic carbocycles. The van der Waals surface area contributed by atoms with Crippen molar-refractivity contribution in [3.8, 4) is 0 Å². The van der Waals surface area contributed by atoms with Gasteiger partial charge in [0.1, 0.15) is 0 Å². The van der Waals surface area contributed by atoms with Crippen molar-refractivity contribution in [2.75, 3.05) is 26.2 Å². The molecule has 1 aliphatic heterocycles. The van der Waals surface area contributed by atoms with E-state index in [1.165, 1.54) is 0 Å². The van der Waals surface area contributed by atoms with Crippen molar-refractivity contribution in [2.24, 2.45) is 7.05 Å². The number of aromatic nitrogens is 1. The highest BCUT2D eigenvalue weighted by atomic mass is 79.9. The van der Waals surface area contributed by atoms with Crippen LogP contribution >= 0.6 is 15.9 Å². The zero-order valence-corrected chi connectivity index (χ0v) is 14.9. The number of benzene rings is 1. The van der Waals surface area contributed by atoms with Gasteiger partial charge in [0.2, 0.25) is 0 Å². The minimum atomic E-state index is 0.145. The maximum Gasteiger partial charge on any atom is 0.256 e. The normalized spacial score (nSPS) is 16.7. The number of halogens is 1. The van der Waals surface area contributed by atoms with Gasteiger partial charge in [0.25, 0.3) is 5.91 Å². The maximum atomic E-state index is 12.9. The Morgan fingerprint density at radius 2 is 1.86 bits per heavy atom. The summed E-state index contributed by atoms with van der Waals surface area (Å²) in [5.41, 5.74) is 1.89. The van der Waals surface area contributed by atoms with Crippen molar-refractivity contribution in [1.29, 1.82) is 0 Å². The summed E-state index contributed by atoms with van der Waals surface area (Å²) in [5, 5.41) is 1.02. The molecular formula is C17H22BrN3O. The van der Waals surface area contributed by atoms with E-state index in [2.05, 4.69) is 34.7 Å². The number of hydrogen-bond acceptors (Lipinski definition) is 2. The first-order valence-corrected chi connectivity index (χ1v) is 8.54. The molecule has 1 aromatic heterocycles. The van der Waals surface area contributed by atoms with Gasteiger partial charge in [-0.1, -0.05) is 15.9 Å². The third-order valence-electron chi connectivity index (χ3n) is 4.51. The summed E-state index contributed by atoms with van der Waals surface area (Å²) in [6.45, 7) is 7.94. The quantitative estimate of drug-likeness (QED) is 0.819. The van der Waals surface area contributed by atoms with Crippen LogP contribution in [0.1, 0.15) is 24.2 Å². The average Bonchev–Trinajstić information content (AvgIpc) is 2.83. The van der Waals surface area contributed by atoms with Gasteiger partial charge in [-0.3, -0.25) is 9.69 Å². The highest BCUT2D eigenvalue weighted by Gasteiger charge is 2.25. The van der Waals surface area contributed by atoms with Crippen molar-refractivity contribution in [3.63, 3.8) is 0 Å². The Morgan fingerprint density at radius 3 is 2.50 bits per heavy atom. The molecule has 0 saturated carbocycles. The standard InChI is InChI=1S/C17H22BrN3O/c1-12(2)20-6-8-21(9-7-20)17(22)15-11-19(3)16-5-4-13(18)10-14(15)16/h4-5,10-12H,6-9H2,1-3H3. The van der Waals surface area contributed by atoms with Crippen molar-refractivity contribution in [1.82, 2.24) is 14.4 Å². The summed E-state index contributed by atoms with van der Waals surface area (Å²) in [6, 6.07) is 6.64. The van der Waals surface area contributed by atoms with Gasteiger partial charge in [-0.2, -0.15) is 0 Å². The summed E-state index contributed by atoms with van der Waals surface area (Å²) in [6.07, 6.45) is 1.95. The number of amides is 1. The van der Waals surface area contributed by atoms with Crippen LogP contribution in [0.3, 0.4) is 0 Å². The molecule has 5 heteroatoms. The molecule has 0 N–H and O–H groups in total. The van der Waals surface area contributed by atoms with Crippen molar-refractivity contribution in [3.05, 3.63) is 34.4 Å². The molecule has 3 rings (SSSR count). The van der Waals surface area contributed by atoms with E-state index in [0.717, 1.165) is 47.1 Å². The number of aryl methyl sites for hydroxylation is 1. The Hall–Kier alpha value is -1.33. The molecule has 0 bridgehead atoms. The molecule has 0 unspecified atom stereocenters. The Labute approximate surface area is 139 Å². The van der Waals surface area contributed by atoms with E-state index < -0.39 is 0 Å². The SMILES string of the molecule is CC(C)N1CCN(C(=O)c2cn(C)c3ccc(Br)cc23)CC1. The van der Waals surface area contributed by atoms with Crippen molar-refractivity contribution < 1.29 is 4.79 Å². The Morgan fingerprint density at radius 1 is 1.18 bits per heavy atom. The fourth-order valence-electron chi connectivity index (χ4n) is 3.15. The second-order valence-electron chi connectivity index (χ2n) is 6.24. The number of carbonyl (C=O) groups excluding carboxylic acids is 1. The van der Waals surface area contributed by atoms with Crippen molar-refractivity contribution >= 4 is 32.7 Å². The zero-order chi connectivity index (χ0) is 15.9. The number of nitrogens with zero attached hydrogens (tertiary/aromatic N) is 3. The van der Waals surface area contributed by atoms with Gasteiger partial charge in [-0.15, -0.1) is 0 Å². The number of fused-ring (bicyclic) bond motifs is 1. The summed E-state index contributed by atoms with van der Waals surface area (Å²) in [5.74, 6) is 0.145. The Balaban J connectivity index is 1.86. The lowest BCUT2D eigenvalue weighted by molar-refractivity contribution is 0.0597. The maximum absolute atomic E-state index is 12.9. The Kier molecular flexibility index (Phi) is 4.28. The van der Waals surface area contributed by atoms with Gasteiger partial charge >= 0.3 is 0 Å². The lowest BCUT2D eigenvalue weighted by atomic mass is 10.1. The highest BCUT2D eigenvalue weighted by Crippen LogP contribution is 2.26. The molecular weight excluding hydrogens is 342 g/mol. The van der Waals surface area contributed by atoms with Gasteiger partial charge in [-0.05, 0) is 32.0 Å². The van der Waals surface area contributed by atoms with Crippen LogP contribution in [-0.2, 0) is 7.05 Å². The second kappa shape index (κ2) is 6.05. The van der Waals surface area contributed by atoms with Gasteiger partial charge in [0.15, 0.2) is 0 Å². The molecule has 4 nitrogen and oxygen atoms in total. The second-order valence-corrected chi connectivity index (χ2v) is 7.15. The first kappa shape index (κ1) is 15.6.